The standard InChI is InChI=1S/C20H22N2O5/c1-13-4-3-5-15(19(13)21)20(24)27-12-18(23)22(2)11-14-6-7-16-17(10-14)26-9-8-25-16/h3-7,10H,8-9,11-12,21H2,1-2H3. The molecule has 1 aliphatic heterocycles. The number of rotatable bonds is 5. The van der Waals surface area contributed by atoms with Crippen molar-refractivity contribution in [1.29, 1.82) is 0 Å². The summed E-state index contributed by atoms with van der Waals surface area (Å²) in [5, 5.41) is 0. The summed E-state index contributed by atoms with van der Waals surface area (Å²) >= 11 is 0. The number of aryl methyl sites for hydroxylation is 1. The molecule has 142 valence electrons. The van der Waals surface area contributed by atoms with E-state index in [0.29, 0.717) is 36.9 Å². The Morgan fingerprint density at radius 2 is 1.89 bits per heavy atom. The summed E-state index contributed by atoms with van der Waals surface area (Å²) in [6, 6.07) is 10.6. The molecule has 3 rings (SSSR count). The minimum atomic E-state index is -0.614. The summed E-state index contributed by atoms with van der Waals surface area (Å²) in [7, 11) is 1.65. The Kier molecular flexibility index (Phi) is 5.49. The van der Waals surface area contributed by atoms with E-state index in [1.165, 1.54) is 4.90 Å². The minimum Gasteiger partial charge on any atom is -0.486 e. The minimum absolute atomic E-state index is 0.261. The first-order chi connectivity index (χ1) is 13.0. The molecule has 0 unspecified atom stereocenters. The van der Waals surface area contributed by atoms with Crippen LogP contribution < -0.4 is 15.2 Å². The first-order valence-corrected chi connectivity index (χ1v) is 8.60. The van der Waals surface area contributed by atoms with Crippen LogP contribution in [0.1, 0.15) is 21.5 Å². The topological polar surface area (TPSA) is 91.1 Å². The maximum Gasteiger partial charge on any atom is 0.340 e. The van der Waals surface area contributed by atoms with Gasteiger partial charge in [0.2, 0.25) is 0 Å². The lowest BCUT2D eigenvalue weighted by Crippen LogP contribution is -2.31. The second-order valence-electron chi connectivity index (χ2n) is 6.34. The fourth-order valence-corrected chi connectivity index (χ4v) is 2.72. The van der Waals surface area contributed by atoms with Crippen molar-refractivity contribution in [3.63, 3.8) is 0 Å². The highest BCUT2D eigenvalue weighted by Crippen LogP contribution is 2.31. The van der Waals surface area contributed by atoms with E-state index in [-0.39, 0.29) is 18.1 Å². The van der Waals surface area contributed by atoms with Crippen molar-refractivity contribution in [2.45, 2.75) is 13.5 Å². The van der Waals surface area contributed by atoms with E-state index >= 15 is 0 Å². The van der Waals surface area contributed by atoms with Crippen molar-refractivity contribution in [2.24, 2.45) is 0 Å². The summed E-state index contributed by atoms with van der Waals surface area (Å²) in [6.07, 6.45) is 0. The van der Waals surface area contributed by atoms with E-state index in [2.05, 4.69) is 0 Å². The predicted molar refractivity (Wildman–Crippen MR) is 99.8 cm³/mol. The van der Waals surface area contributed by atoms with Gasteiger partial charge in [0, 0.05) is 19.3 Å². The van der Waals surface area contributed by atoms with Crippen LogP contribution in [0, 0.1) is 6.92 Å². The van der Waals surface area contributed by atoms with Crippen LogP contribution >= 0.6 is 0 Å². The quantitative estimate of drug-likeness (QED) is 0.641. The Morgan fingerprint density at radius 3 is 2.67 bits per heavy atom. The third-order valence-electron chi connectivity index (χ3n) is 4.32. The zero-order valence-corrected chi connectivity index (χ0v) is 15.4. The number of carbonyl (C=O) groups is 2. The van der Waals surface area contributed by atoms with Gasteiger partial charge in [-0.05, 0) is 36.2 Å². The average molecular weight is 370 g/mol. The van der Waals surface area contributed by atoms with Crippen molar-refractivity contribution >= 4 is 17.6 Å². The third-order valence-corrected chi connectivity index (χ3v) is 4.32. The van der Waals surface area contributed by atoms with Crippen LogP contribution in [0.5, 0.6) is 11.5 Å². The molecule has 27 heavy (non-hydrogen) atoms. The summed E-state index contributed by atoms with van der Waals surface area (Å²) < 4.78 is 16.1. The number of amides is 1. The van der Waals surface area contributed by atoms with E-state index in [9.17, 15) is 9.59 Å². The number of anilines is 1. The molecular formula is C20H22N2O5. The summed E-state index contributed by atoms with van der Waals surface area (Å²) in [4.78, 5) is 25.9. The Bertz CT molecular complexity index is 865. The molecule has 7 nitrogen and oxygen atoms in total. The van der Waals surface area contributed by atoms with Crippen LogP contribution in [-0.2, 0) is 16.1 Å². The predicted octanol–water partition coefficient (Wildman–Crippen LogP) is 2.16. The number of para-hydroxylation sites is 1. The molecule has 1 aliphatic rings. The van der Waals surface area contributed by atoms with Crippen molar-refractivity contribution < 1.29 is 23.8 Å². The number of nitrogens with two attached hydrogens (primary N) is 1. The van der Waals surface area contributed by atoms with Crippen LogP contribution in [0.4, 0.5) is 5.69 Å². The van der Waals surface area contributed by atoms with Crippen molar-refractivity contribution in [3.8, 4) is 11.5 Å². The molecule has 7 heteroatoms. The van der Waals surface area contributed by atoms with Gasteiger partial charge in [-0.3, -0.25) is 4.79 Å². The second kappa shape index (κ2) is 7.99. The van der Waals surface area contributed by atoms with E-state index < -0.39 is 5.97 Å². The van der Waals surface area contributed by atoms with Gasteiger partial charge in [0.15, 0.2) is 18.1 Å². The average Bonchev–Trinajstić information content (AvgIpc) is 2.67. The zero-order valence-electron chi connectivity index (χ0n) is 15.4. The number of esters is 1. The van der Waals surface area contributed by atoms with Gasteiger partial charge in [0.25, 0.3) is 5.91 Å². The molecule has 0 saturated heterocycles. The molecule has 0 spiro atoms. The SMILES string of the molecule is Cc1cccc(C(=O)OCC(=O)N(C)Cc2ccc3c(c2)OCCO3)c1N. The molecule has 0 atom stereocenters. The maximum absolute atomic E-state index is 12.3. The smallest absolute Gasteiger partial charge is 0.340 e. The fraction of sp³-hybridized carbons (Fsp3) is 0.300. The first kappa shape index (κ1) is 18.6. The highest BCUT2D eigenvalue weighted by molar-refractivity contribution is 5.96. The molecule has 2 aromatic rings. The van der Waals surface area contributed by atoms with Crippen molar-refractivity contribution in [1.82, 2.24) is 4.90 Å². The van der Waals surface area contributed by atoms with Gasteiger partial charge in [-0.15, -0.1) is 0 Å². The van der Waals surface area contributed by atoms with Gasteiger partial charge >= 0.3 is 5.97 Å². The lowest BCUT2D eigenvalue weighted by atomic mass is 10.1. The molecule has 0 fully saturated rings. The number of benzene rings is 2. The Labute approximate surface area is 157 Å². The lowest BCUT2D eigenvalue weighted by molar-refractivity contribution is -0.133. The molecule has 0 radical (unpaired) electrons. The number of nitrogen functional groups attached to an aromatic ring is 1. The molecule has 1 amide bonds. The van der Waals surface area contributed by atoms with Crippen LogP contribution in [-0.4, -0.2) is 43.6 Å². The van der Waals surface area contributed by atoms with Crippen molar-refractivity contribution in [2.75, 3.05) is 32.6 Å². The van der Waals surface area contributed by atoms with Gasteiger partial charge in [0.05, 0.1) is 5.56 Å². The number of nitrogens with zero attached hydrogens (tertiary/aromatic N) is 1. The monoisotopic (exact) mass is 370 g/mol. The van der Waals surface area contributed by atoms with E-state index in [0.717, 1.165) is 11.1 Å². The third kappa shape index (κ3) is 4.31. The molecule has 0 aromatic heterocycles. The Balaban J connectivity index is 1.56. The zero-order chi connectivity index (χ0) is 19.4. The fourth-order valence-electron chi connectivity index (χ4n) is 2.72. The molecule has 0 saturated carbocycles. The van der Waals surface area contributed by atoms with Gasteiger partial charge in [-0.25, -0.2) is 4.79 Å². The van der Waals surface area contributed by atoms with E-state index in [1.807, 2.05) is 18.2 Å². The Morgan fingerprint density at radius 1 is 1.15 bits per heavy atom. The second-order valence-corrected chi connectivity index (χ2v) is 6.34. The first-order valence-electron chi connectivity index (χ1n) is 8.60. The molecular weight excluding hydrogens is 348 g/mol. The highest BCUT2D eigenvalue weighted by atomic mass is 16.6. The highest BCUT2D eigenvalue weighted by Gasteiger charge is 2.17. The van der Waals surface area contributed by atoms with Crippen LogP contribution in [0.2, 0.25) is 0 Å². The van der Waals surface area contributed by atoms with Crippen LogP contribution in [0.3, 0.4) is 0 Å². The molecule has 0 bridgehead atoms. The summed E-state index contributed by atoms with van der Waals surface area (Å²) in [5.41, 5.74) is 8.19. The summed E-state index contributed by atoms with van der Waals surface area (Å²) in [5.74, 6) is 0.436. The normalized spacial score (nSPS) is 12.4. The van der Waals surface area contributed by atoms with Gasteiger partial charge < -0.3 is 24.8 Å². The number of hydrogen-bond donors (Lipinski definition) is 1. The molecule has 2 N–H and O–H groups in total. The van der Waals surface area contributed by atoms with E-state index in [4.69, 9.17) is 19.9 Å². The molecule has 2 aromatic carbocycles. The van der Waals surface area contributed by atoms with Gasteiger partial charge in [-0.2, -0.15) is 0 Å². The van der Waals surface area contributed by atoms with Gasteiger partial charge in [-0.1, -0.05) is 18.2 Å². The number of likely N-dealkylation sites (N-methyl/N-ethyl adjacent to an activating group) is 1. The summed E-state index contributed by atoms with van der Waals surface area (Å²) in [6.45, 7) is 2.84. The van der Waals surface area contributed by atoms with Crippen LogP contribution in [0.15, 0.2) is 36.4 Å². The van der Waals surface area contributed by atoms with Gasteiger partial charge in [0.1, 0.15) is 13.2 Å². The number of hydrogen-bond acceptors (Lipinski definition) is 6. The Hall–Kier alpha value is -3.22. The largest absolute Gasteiger partial charge is 0.486 e. The molecule has 1 heterocycles. The number of carbonyl (C=O) groups excluding carboxylic acids is 2. The van der Waals surface area contributed by atoms with E-state index in [1.54, 1.807) is 32.2 Å². The number of ether oxygens (including phenoxy) is 3. The molecule has 0 aliphatic carbocycles. The number of fused-ring (bicyclic) bond motifs is 1. The lowest BCUT2D eigenvalue weighted by Gasteiger charge is -2.21. The van der Waals surface area contributed by atoms with Crippen molar-refractivity contribution in [3.05, 3.63) is 53.1 Å². The maximum atomic E-state index is 12.3. The van der Waals surface area contributed by atoms with Crippen LogP contribution in [0.25, 0.3) is 0 Å².